The zero-order valence-corrected chi connectivity index (χ0v) is 11.1. The minimum Gasteiger partial charge on any atom is -0.480 e. The smallest absolute Gasteiger partial charge is 0.329 e. The summed E-state index contributed by atoms with van der Waals surface area (Å²) >= 11 is 0. The summed E-state index contributed by atoms with van der Waals surface area (Å²) in [7, 11) is 0. The summed E-state index contributed by atoms with van der Waals surface area (Å²) in [5.74, 6) is -0.662. The van der Waals surface area contributed by atoms with Gasteiger partial charge in [-0.15, -0.1) is 0 Å². The van der Waals surface area contributed by atoms with Crippen molar-refractivity contribution in [3.05, 3.63) is 0 Å². The number of nitrogens with zero attached hydrogens (tertiary/aromatic N) is 1. The maximum Gasteiger partial charge on any atom is 0.329 e. The Hall–Kier alpha value is -1.30. The lowest BCUT2D eigenvalue weighted by atomic mass is 9.96. The Morgan fingerprint density at radius 2 is 2.22 bits per heavy atom. The maximum atomic E-state index is 12.0. The van der Waals surface area contributed by atoms with Crippen molar-refractivity contribution in [2.24, 2.45) is 11.7 Å². The highest BCUT2D eigenvalue weighted by atomic mass is 16.4. The number of nitrogens with two attached hydrogens (primary N) is 1. The number of hydrogen-bond donors (Lipinski definition) is 3. The molecule has 1 fully saturated rings. The molecule has 0 saturated carbocycles. The normalized spacial score (nSPS) is 22.6. The maximum absolute atomic E-state index is 12.0. The van der Waals surface area contributed by atoms with Crippen molar-refractivity contribution in [3.8, 4) is 0 Å². The Morgan fingerprint density at radius 1 is 1.56 bits per heavy atom. The minimum atomic E-state index is -1.19. The molecule has 4 N–H and O–H groups in total. The van der Waals surface area contributed by atoms with Crippen LogP contribution in [0.25, 0.3) is 0 Å². The Morgan fingerprint density at radius 3 is 2.67 bits per heavy atom. The van der Waals surface area contributed by atoms with Gasteiger partial charge in [0.05, 0.1) is 0 Å². The van der Waals surface area contributed by atoms with E-state index in [2.05, 4.69) is 5.32 Å². The molecule has 1 aliphatic heterocycles. The van der Waals surface area contributed by atoms with E-state index in [1.165, 1.54) is 0 Å². The lowest BCUT2D eigenvalue weighted by Gasteiger charge is -2.28. The van der Waals surface area contributed by atoms with Gasteiger partial charge in [-0.3, -0.25) is 0 Å². The second kappa shape index (κ2) is 6.04. The van der Waals surface area contributed by atoms with Crippen LogP contribution in [-0.4, -0.2) is 47.2 Å². The molecule has 6 nitrogen and oxygen atoms in total. The standard InChI is InChI=1S/C12H23N3O3/c1-3-5-12(2,10(16)17)14-11(18)15-6-4-9(7-13)8-15/h9H,3-8,13H2,1-2H3,(H,14,18)(H,16,17). The first kappa shape index (κ1) is 14.8. The van der Waals surface area contributed by atoms with Gasteiger partial charge in [-0.2, -0.15) is 0 Å². The molecule has 2 unspecified atom stereocenters. The number of amides is 2. The molecule has 104 valence electrons. The van der Waals surface area contributed by atoms with Crippen LogP contribution in [-0.2, 0) is 4.79 Å². The molecule has 6 heteroatoms. The van der Waals surface area contributed by atoms with Crippen molar-refractivity contribution in [2.45, 2.75) is 38.6 Å². The number of carbonyl (C=O) groups is 2. The molecule has 1 aliphatic rings. The van der Waals surface area contributed by atoms with Gasteiger partial charge in [0.2, 0.25) is 0 Å². The number of carboxylic acids is 1. The van der Waals surface area contributed by atoms with Crippen molar-refractivity contribution in [2.75, 3.05) is 19.6 Å². The van der Waals surface area contributed by atoms with Crippen LogP contribution >= 0.6 is 0 Å². The van der Waals surface area contributed by atoms with E-state index in [0.29, 0.717) is 38.4 Å². The van der Waals surface area contributed by atoms with Gasteiger partial charge < -0.3 is 21.1 Å². The number of carboxylic acid groups (broad SMARTS) is 1. The van der Waals surface area contributed by atoms with Gasteiger partial charge in [-0.25, -0.2) is 9.59 Å². The zero-order valence-electron chi connectivity index (χ0n) is 11.1. The second-order valence-corrected chi connectivity index (χ2v) is 5.15. The SMILES string of the molecule is CCCC(C)(NC(=O)N1CCC(CN)C1)C(=O)O. The molecule has 18 heavy (non-hydrogen) atoms. The van der Waals surface area contributed by atoms with Gasteiger partial charge in [0, 0.05) is 13.1 Å². The molecule has 2 amide bonds. The highest BCUT2D eigenvalue weighted by molar-refractivity contribution is 5.86. The summed E-state index contributed by atoms with van der Waals surface area (Å²) in [4.78, 5) is 24.9. The molecule has 0 spiro atoms. The van der Waals surface area contributed by atoms with Crippen LogP contribution in [0.1, 0.15) is 33.1 Å². The van der Waals surface area contributed by atoms with Crippen molar-refractivity contribution in [3.63, 3.8) is 0 Å². The molecule has 0 radical (unpaired) electrons. The fourth-order valence-corrected chi connectivity index (χ4v) is 2.25. The van der Waals surface area contributed by atoms with E-state index in [1.54, 1.807) is 11.8 Å². The van der Waals surface area contributed by atoms with Gasteiger partial charge in [-0.05, 0) is 32.2 Å². The lowest BCUT2D eigenvalue weighted by Crippen LogP contribution is -2.55. The Kier molecular flexibility index (Phi) is 4.95. The topological polar surface area (TPSA) is 95.7 Å². The molecule has 1 saturated heterocycles. The molecule has 0 aromatic rings. The minimum absolute atomic E-state index is 0.302. The summed E-state index contributed by atoms with van der Waals surface area (Å²) in [5, 5.41) is 11.8. The van der Waals surface area contributed by atoms with E-state index in [4.69, 9.17) is 5.73 Å². The number of carbonyl (C=O) groups excluding carboxylic acids is 1. The van der Waals surface area contributed by atoms with Gasteiger partial charge in [0.15, 0.2) is 0 Å². The van der Waals surface area contributed by atoms with E-state index < -0.39 is 11.5 Å². The second-order valence-electron chi connectivity index (χ2n) is 5.15. The Balaban J connectivity index is 2.60. The summed E-state index contributed by atoms with van der Waals surface area (Å²) in [6.07, 6.45) is 2.01. The molecular weight excluding hydrogens is 234 g/mol. The first-order valence-electron chi connectivity index (χ1n) is 6.43. The van der Waals surface area contributed by atoms with E-state index in [9.17, 15) is 14.7 Å². The third-order valence-electron chi connectivity index (χ3n) is 3.51. The molecule has 0 aromatic heterocycles. The summed E-state index contributed by atoms with van der Waals surface area (Å²) < 4.78 is 0. The predicted molar refractivity (Wildman–Crippen MR) is 68.2 cm³/mol. The first-order chi connectivity index (χ1) is 8.42. The third-order valence-corrected chi connectivity index (χ3v) is 3.51. The number of aliphatic carboxylic acids is 1. The molecule has 0 bridgehead atoms. The van der Waals surface area contributed by atoms with Crippen LogP contribution in [0.4, 0.5) is 4.79 Å². The van der Waals surface area contributed by atoms with Crippen LogP contribution in [0.2, 0.25) is 0 Å². The highest BCUT2D eigenvalue weighted by Gasteiger charge is 2.36. The third kappa shape index (κ3) is 3.35. The highest BCUT2D eigenvalue weighted by Crippen LogP contribution is 2.17. The van der Waals surface area contributed by atoms with E-state index in [-0.39, 0.29) is 6.03 Å². The number of rotatable bonds is 5. The van der Waals surface area contributed by atoms with Gasteiger partial charge in [0.1, 0.15) is 5.54 Å². The number of nitrogens with one attached hydrogen (secondary N) is 1. The lowest BCUT2D eigenvalue weighted by molar-refractivity contribution is -0.144. The summed E-state index contributed by atoms with van der Waals surface area (Å²) in [5.41, 5.74) is 4.38. The fourth-order valence-electron chi connectivity index (χ4n) is 2.25. The van der Waals surface area contributed by atoms with Gasteiger partial charge >= 0.3 is 12.0 Å². The number of likely N-dealkylation sites (tertiary alicyclic amines) is 1. The van der Waals surface area contributed by atoms with Crippen LogP contribution in [0, 0.1) is 5.92 Å². The van der Waals surface area contributed by atoms with E-state index in [0.717, 1.165) is 6.42 Å². The summed E-state index contributed by atoms with van der Waals surface area (Å²) in [6, 6.07) is -0.302. The molecule has 1 rings (SSSR count). The monoisotopic (exact) mass is 257 g/mol. The number of urea groups is 1. The molecule has 0 aliphatic carbocycles. The molecule has 2 atom stereocenters. The van der Waals surface area contributed by atoms with Crippen LogP contribution in [0.3, 0.4) is 0 Å². The quantitative estimate of drug-likeness (QED) is 0.672. The van der Waals surface area contributed by atoms with Gasteiger partial charge in [-0.1, -0.05) is 13.3 Å². The Bertz CT molecular complexity index is 322. The predicted octanol–water partition coefficient (Wildman–Crippen LogP) is 0.620. The Labute approximate surface area is 108 Å². The van der Waals surface area contributed by atoms with Crippen molar-refractivity contribution < 1.29 is 14.7 Å². The average molecular weight is 257 g/mol. The first-order valence-corrected chi connectivity index (χ1v) is 6.43. The van der Waals surface area contributed by atoms with Crippen molar-refractivity contribution >= 4 is 12.0 Å². The fraction of sp³-hybridized carbons (Fsp3) is 0.833. The van der Waals surface area contributed by atoms with Crippen molar-refractivity contribution in [1.29, 1.82) is 0 Å². The van der Waals surface area contributed by atoms with Crippen molar-refractivity contribution in [1.82, 2.24) is 10.2 Å². The average Bonchev–Trinajstić information content (AvgIpc) is 2.77. The van der Waals surface area contributed by atoms with Crippen LogP contribution in [0.15, 0.2) is 0 Å². The molecular formula is C12H23N3O3. The largest absolute Gasteiger partial charge is 0.480 e. The summed E-state index contributed by atoms with van der Waals surface area (Å²) in [6.45, 7) is 5.27. The van der Waals surface area contributed by atoms with Crippen LogP contribution in [0.5, 0.6) is 0 Å². The van der Waals surface area contributed by atoms with E-state index >= 15 is 0 Å². The zero-order chi connectivity index (χ0) is 13.8. The van der Waals surface area contributed by atoms with Gasteiger partial charge in [0.25, 0.3) is 0 Å². The number of hydrogen-bond acceptors (Lipinski definition) is 3. The molecule has 1 heterocycles. The molecule has 0 aromatic carbocycles. The van der Waals surface area contributed by atoms with E-state index in [1.807, 2.05) is 6.92 Å². The van der Waals surface area contributed by atoms with Crippen LogP contribution < -0.4 is 11.1 Å².